The summed E-state index contributed by atoms with van der Waals surface area (Å²) in [6, 6.07) is 3.60. The first-order valence-electron chi connectivity index (χ1n) is 5.86. The van der Waals surface area contributed by atoms with E-state index < -0.39 is 11.6 Å². The van der Waals surface area contributed by atoms with Crippen LogP contribution in [0.15, 0.2) is 12.1 Å². The summed E-state index contributed by atoms with van der Waals surface area (Å²) in [7, 11) is 0. The summed E-state index contributed by atoms with van der Waals surface area (Å²) in [5, 5.41) is 4.49. The third-order valence-electron chi connectivity index (χ3n) is 2.67. The number of rotatable bonds is 3. The van der Waals surface area contributed by atoms with Crippen molar-refractivity contribution in [2.75, 3.05) is 0 Å². The van der Waals surface area contributed by atoms with Gasteiger partial charge >= 0.3 is 5.97 Å². The molecule has 0 spiro atoms. The van der Waals surface area contributed by atoms with E-state index >= 15 is 0 Å². The number of hydrogen-bond donors (Lipinski definition) is 0. The molecular weight excluding hydrogens is 232 g/mol. The van der Waals surface area contributed by atoms with Crippen molar-refractivity contribution in [3.63, 3.8) is 0 Å². The summed E-state index contributed by atoms with van der Waals surface area (Å²) < 4.78 is 0. The molecule has 0 N–H and O–H groups in total. The van der Waals surface area contributed by atoms with E-state index in [1.165, 1.54) is 0 Å². The first-order chi connectivity index (χ1) is 8.22. The zero-order valence-electron chi connectivity index (χ0n) is 11.8. The van der Waals surface area contributed by atoms with Crippen molar-refractivity contribution in [3.05, 3.63) is 34.4 Å². The first-order valence-corrected chi connectivity index (χ1v) is 5.86. The largest absolute Gasteiger partial charge is 0.376 e. The fourth-order valence-corrected chi connectivity index (χ4v) is 1.37. The molecule has 4 nitrogen and oxygen atoms in total. The van der Waals surface area contributed by atoms with Gasteiger partial charge in [0, 0.05) is 0 Å². The summed E-state index contributed by atoms with van der Waals surface area (Å²) in [6.07, 6.45) is 0. The molecule has 1 aromatic rings. The van der Waals surface area contributed by atoms with Gasteiger partial charge in [0.25, 0.3) is 0 Å². The molecule has 4 heteroatoms. The second kappa shape index (κ2) is 5.50. The molecule has 1 rings (SSSR count). The van der Waals surface area contributed by atoms with Gasteiger partial charge < -0.3 is 0 Å². The highest BCUT2D eigenvalue weighted by Gasteiger charge is 2.17. The topological polar surface area (TPSA) is 44.8 Å². The molecule has 0 unspecified atom stereocenters. The Hall–Kier alpha value is -1.39. The predicted molar refractivity (Wildman–Crippen MR) is 68.0 cm³/mol. The van der Waals surface area contributed by atoms with Crippen LogP contribution in [0.4, 0.5) is 0 Å². The minimum atomic E-state index is -0.556. The molecule has 0 amide bonds. The Kier molecular flexibility index (Phi) is 4.48. The van der Waals surface area contributed by atoms with Crippen LogP contribution in [0.2, 0.25) is 0 Å². The van der Waals surface area contributed by atoms with Crippen molar-refractivity contribution in [1.82, 2.24) is 0 Å². The Balaban J connectivity index is 2.71. The molecule has 18 heavy (non-hydrogen) atoms. The lowest BCUT2D eigenvalue weighted by molar-refractivity contribution is -0.510. The maximum atomic E-state index is 11.8. The van der Waals surface area contributed by atoms with E-state index in [1.807, 2.05) is 26.8 Å². The van der Waals surface area contributed by atoms with E-state index in [2.05, 4.69) is 9.93 Å². The summed E-state index contributed by atoms with van der Waals surface area (Å²) in [5.74, 6) is -0.556. The molecule has 0 aliphatic carbocycles. The van der Waals surface area contributed by atoms with E-state index in [0.29, 0.717) is 5.56 Å². The summed E-state index contributed by atoms with van der Waals surface area (Å²) in [6.45, 7) is 11.2. The van der Waals surface area contributed by atoms with Gasteiger partial charge in [-0.2, -0.15) is 4.89 Å². The van der Waals surface area contributed by atoms with Gasteiger partial charge in [0.15, 0.2) is 0 Å². The van der Waals surface area contributed by atoms with Crippen molar-refractivity contribution >= 4 is 5.97 Å². The summed E-state index contributed by atoms with van der Waals surface area (Å²) >= 11 is 0. The van der Waals surface area contributed by atoms with Crippen molar-refractivity contribution in [2.24, 2.45) is 0 Å². The van der Waals surface area contributed by atoms with Crippen LogP contribution in [-0.2, 0) is 14.8 Å². The number of aryl methyl sites for hydroxylation is 1. The predicted octanol–water partition coefficient (Wildman–Crippen LogP) is 3.43. The van der Waals surface area contributed by atoms with Gasteiger partial charge in [-0.3, -0.25) is 4.89 Å². The lowest BCUT2D eigenvalue weighted by Crippen LogP contribution is -2.21. The second-order valence-electron chi connectivity index (χ2n) is 5.31. The fourth-order valence-electron chi connectivity index (χ4n) is 1.37. The first kappa shape index (κ1) is 14.7. The Morgan fingerprint density at radius 1 is 1.06 bits per heavy atom. The average Bonchev–Trinajstić information content (AvgIpc) is 2.24. The standard InChI is InChI=1S/C14H20O4/c1-9-7-8-12(11(3)10(9)2)13(15)16-18-17-14(4,5)6/h7-8H,1-6H3. The van der Waals surface area contributed by atoms with Crippen LogP contribution in [0.5, 0.6) is 0 Å². The van der Waals surface area contributed by atoms with Gasteiger partial charge in [-0.05, 0) is 69.3 Å². The van der Waals surface area contributed by atoms with E-state index in [1.54, 1.807) is 26.8 Å². The highest BCUT2D eigenvalue weighted by molar-refractivity contribution is 5.91. The van der Waals surface area contributed by atoms with Crippen LogP contribution in [0.25, 0.3) is 0 Å². The SMILES string of the molecule is Cc1ccc(C(=O)OOOC(C)(C)C)c(C)c1C. The van der Waals surface area contributed by atoms with Gasteiger partial charge in [-0.1, -0.05) is 6.07 Å². The molecule has 0 radical (unpaired) electrons. The molecule has 0 aliphatic heterocycles. The third-order valence-corrected chi connectivity index (χ3v) is 2.67. The quantitative estimate of drug-likeness (QED) is 0.610. The maximum Gasteiger partial charge on any atom is 0.376 e. The summed E-state index contributed by atoms with van der Waals surface area (Å²) in [4.78, 5) is 21.3. The number of hydrogen-bond acceptors (Lipinski definition) is 4. The molecular formula is C14H20O4. The van der Waals surface area contributed by atoms with Crippen molar-refractivity contribution in [2.45, 2.75) is 47.1 Å². The van der Waals surface area contributed by atoms with Gasteiger partial charge in [0.05, 0.1) is 11.2 Å². The molecule has 0 fully saturated rings. The Bertz CT molecular complexity index is 444. The van der Waals surface area contributed by atoms with Crippen molar-refractivity contribution in [1.29, 1.82) is 0 Å². The molecule has 0 saturated carbocycles. The number of carbonyl (C=O) groups excluding carboxylic acids is 1. The normalized spacial score (nSPS) is 11.4. The van der Waals surface area contributed by atoms with Crippen LogP contribution < -0.4 is 0 Å². The van der Waals surface area contributed by atoms with E-state index in [0.717, 1.165) is 16.7 Å². The molecule has 0 heterocycles. The molecule has 0 saturated heterocycles. The van der Waals surface area contributed by atoms with Crippen LogP contribution in [-0.4, -0.2) is 11.6 Å². The lowest BCUT2D eigenvalue weighted by atomic mass is 9.99. The summed E-state index contributed by atoms with van der Waals surface area (Å²) in [5.41, 5.74) is 3.05. The lowest BCUT2D eigenvalue weighted by Gasteiger charge is -2.16. The van der Waals surface area contributed by atoms with Gasteiger partial charge in [0.1, 0.15) is 0 Å². The highest BCUT2D eigenvalue weighted by Crippen LogP contribution is 2.18. The van der Waals surface area contributed by atoms with Crippen molar-refractivity contribution in [3.8, 4) is 0 Å². The zero-order valence-corrected chi connectivity index (χ0v) is 11.8. The Labute approximate surface area is 108 Å². The maximum absolute atomic E-state index is 11.8. The number of benzene rings is 1. The Morgan fingerprint density at radius 2 is 1.67 bits per heavy atom. The number of carbonyl (C=O) groups is 1. The third kappa shape index (κ3) is 3.82. The van der Waals surface area contributed by atoms with Crippen LogP contribution in [0.1, 0.15) is 47.8 Å². The van der Waals surface area contributed by atoms with Crippen LogP contribution in [0.3, 0.4) is 0 Å². The average molecular weight is 252 g/mol. The molecule has 1 aromatic carbocycles. The highest BCUT2D eigenvalue weighted by atomic mass is 17.5. The smallest absolute Gasteiger partial charge is 0.263 e. The molecule has 0 aliphatic rings. The zero-order chi connectivity index (χ0) is 13.9. The van der Waals surface area contributed by atoms with Gasteiger partial charge in [0.2, 0.25) is 0 Å². The van der Waals surface area contributed by atoms with Crippen molar-refractivity contribution < 1.29 is 19.6 Å². The van der Waals surface area contributed by atoms with Gasteiger partial charge in [-0.15, -0.1) is 0 Å². The molecule has 0 bridgehead atoms. The van der Waals surface area contributed by atoms with E-state index in [4.69, 9.17) is 4.89 Å². The second-order valence-corrected chi connectivity index (χ2v) is 5.31. The fraction of sp³-hybridized carbons (Fsp3) is 0.500. The Morgan fingerprint density at radius 3 is 2.22 bits per heavy atom. The van der Waals surface area contributed by atoms with Crippen LogP contribution >= 0.6 is 0 Å². The van der Waals surface area contributed by atoms with Crippen LogP contribution in [0, 0.1) is 20.8 Å². The minimum absolute atomic E-state index is 0.482. The monoisotopic (exact) mass is 252 g/mol. The molecule has 0 atom stereocenters. The minimum Gasteiger partial charge on any atom is -0.263 e. The van der Waals surface area contributed by atoms with Gasteiger partial charge in [-0.25, -0.2) is 4.79 Å². The van der Waals surface area contributed by atoms with E-state index in [-0.39, 0.29) is 0 Å². The molecule has 100 valence electrons. The van der Waals surface area contributed by atoms with E-state index in [9.17, 15) is 4.79 Å². The molecule has 0 aromatic heterocycles.